The van der Waals surface area contributed by atoms with Crippen molar-refractivity contribution in [1.82, 2.24) is 4.98 Å². The topological polar surface area (TPSA) is 42.4 Å². The highest BCUT2D eigenvalue weighted by molar-refractivity contribution is 5.37. The van der Waals surface area contributed by atoms with Crippen molar-refractivity contribution in [1.29, 1.82) is 0 Å². The fourth-order valence-electron chi connectivity index (χ4n) is 2.77. The van der Waals surface area contributed by atoms with Crippen LogP contribution in [0.1, 0.15) is 30.0 Å². The van der Waals surface area contributed by atoms with Gasteiger partial charge in [-0.05, 0) is 29.2 Å². The smallest absolute Gasteiger partial charge is 0.213 e. The van der Waals surface area contributed by atoms with Crippen molar-refractivity contribution in [2.24, 2.45) is 0 Å². The summed E-state index contributed by atoms with van der Waals surface area (Å²) in [5, 5.41) is 11.2. The van der Waals surface area contributed by atoms with Gasteiger partial charge in [0.25, 0.3) is 0 Å². The van der Waals surface area contributed by atoms with Crippen LogP contribution in [-0.2, 0) is 12.2 Å². The molecule has 0 fully saturated rings. The number of pyridine rings is 1. The molecule has 24 heavy (non-hydrogen) atoms. The molecule has 1 atom stereocenters. The van der Waals surface area contributed by atoms with Crippen molar-refractivity contribution in [2.45, 2.75) is 25.6 Å². The van der Waals surface area contributed by atoms with Crippen molar-refractivity contribution in [3.63, 3.8) is 0 Å². The van der Waals surface area contributed by atoms with E-state index in [-0.39, 0.29) is 0 Å². The van der Waals surface area contributed by atoms with Crippen molar-refractivity contribution in [3.05, 3.63) is 95.7 Å². The van der Waals surface area contributed by atoms with Crippen LogP contribution >= 0.6 is 0 Å². The van der Waals surface area contributed by atoms with E-state index in [4.69, 9.17) is 4.74 Å². The van der Waals surface area contributed by atoms with Gasteiger partial charge in [0, 0.05) is 12.3 Å². The van der Waals surface area contributed by atoms with Crippen molar-refractivity contribution in [2.75, 3.05) is 0 Å². The van der Waals surface area contributed by atoms with E-state index in [1.165, 1.54) is 0 Å². The molecule has 1 N–H and O–H groups in total. The molecule has 0 aliphatic heterocycles. The Morgan fingerprint density at radius 1 is 0.917 bits per heavy atom. The van der Waals surface area contributed by atoms with Gasteiger partial charge >= 0.3 is 0 Å². The Bertz CT molecular complexity index is 774. The second kappa shape index (κ2) is 7.28. The number of aromatic nitrogens is 1. The van der Waals surface area contributed by atoms with Crippen LogP contribution in [0.25, 0.3) is 0 Å². The van der Waals surface area contributed by atoms with Crippen LogP contribution in [0.3, 0.4) is 0 Å². The first-order valence-corrected chi connectivity index (χ1v) is 8.13. The molecule has 2 aromatic carbocycles. The highest BCUT2D eigenvalue weighted by Crippen LogP contribution is 2.33. The standard InChI is InChI=1S/C21H21NO2/c1-2-21(23,18-11-7-4-8-12-18)19-13-14-22-20(15-19)24-16-17-9-5-3-6-10-17/h3-15,23H,2,16H2,1H3. The molecule has 0 aliphatic rings. The zero-order chi connectivity index (χ0) is 16.8. The molecule has 0 amide bonds. The lowest BCUT2D eigenvalue weighted by Crippen LogP contribution is -2.26. The van der Waals surface area contributed by atoms with Crippen LogP contribution in [-0.4, -0.2) is 10.1 Å². The average Bonchev–Trinajstić information content (AvgIpc) is 2.67. The first-order valence-electron chi connectivity index (χ1n) is 8.13. The molecule has 3 nitrogen and oxygen atoms in total. The molecule has 1 heterocycles. The average molecular weight is 319 g/mol. The van der Waals surface area contributed by atoms with Crippen molar-refractivity contribution in [3.8, 4) is 5.88 Å². The Balaban J connectivity index is 1.84. The van der Waals surface area contributed by atoms with Gasteiger partial charge in [0.05, 0.1) is 0 Å². The molecule has 0 bridgehead atoms. The summed E-state index contributed by atoms with van der Waals surface area (Å²) in [5.74, 6) is 0.513. The Morgan fingerprint density at radius 2 is 1.58 bits per heavy atom. The minimum Gasteiger partial charge on any atom is -0.473 e. The van der Waals surface area contributed by atoms with E-state index >= 15 is 0 Å². The van der Waals surface area contributed by atoms with Crippen LogP contribution < -0.4 is 4.74 Å². The Kier molecular flexibility index (Phi) is 4.92. The van der Waals surface area contributed by atoms with Crippen LogP contribution in [0.15, 0.2) is 79.0 Å². The van der Waals surface area contributed by atoms with Gasteiger partial charge in [0.15, 0.2) is 0 Å². The fraction of sp³-hybridized carbons (Fsp3) is 0.190. The molecule has 122 valence electrons. The lowest BCUT2D eigenvalue weighted by molar-refractivity contribution is 0.0760. The first kappa shape index (κ1) is 16.2. The summed E-state index contributed by atoms with van der Waals surface area (Å²) in [6, 6.07) is 23.3. The lowest BCUT2D eigenvalue weighted by Gasteiger charge is -2.28. The predicted octanol–water partition coefficient (Wildman–Crippen LogP) is 4.31. The Morgan fingerprint density at radius 3 is 2.25 bits per heavy atom. The quantitative estimate of drug-likeness (QED) is 0.736. The maximum Gasteiger partial charge on any atom is 0.213 e. The highest BCUT2D eigenvalue weighted by atomic mass is 16.5. The van der Waals surface area contributed by atoms with E-state index in [0.717, 1.165) is 16.7 Å². The van der Waals surface area contributed by atoms with E-state index in [0.29, 0.717) is 18.9 Å². The van der Waals surface area contributed by atoms with Gasteiger partial charge in [-0.15, -0.1) is 0 Å². The minimum atomic E-state index is -1.05. The number of nitrogens with zero attached hydrogens (tertiary/aromatic N) is 1. The Hall–Kier alpha value is -2.65. The molecule has 0 saturated heterocycles. The third-order valence-electron chi connectivity index (χ3n) is 4.20. The number of aliphatic hydroxyl groups is 1. The summed E-state index contributed by atoms with van der Waals surface area (Å²) < 4.78 is 5.79. The van der Waals surface area contributed by atoms with Crippen LogP contribution in [0.4, 0.5) is 0 Å². The number of hydrogen-bond donors (Lipinski definition) is 1. The zero-order valence-corrected chi connectivity index (χ0v) is 13.7. The summed E-state index contributed by atoms with van der Waals surface area (Å²) in [6.07, 6.45) is 2.25. The van der Waals surface area contributed by atoms with Gasteiger partial charge < -0.3 is 9.84 Å². The van der Waals surface area contributed by atoms with Crippen LogP contribution in [0.5, 0.6) is 5.88 Å². The molecule has 3 rings (SSSR count). The number of ether oxygens (including phenoxy) is 1. The monoisotopic (exact) mass is 319 g/mol. The number of hydrogen-bond acceptors (Lipinski definition) is 3. The normalized spacial score (nSPS) is 13.2. The van der Waals surface area contributed by atoms with Gasteiger partial charge in [-0.3, -0.25) is 0 Å². The molecule has 3 heteroatoms. The largest absolute Gasteiger partial charge is 0.473 e. The predicted molar refractivity (Wildman–Crippen MR) is 94.7 cm³/mol. The van der Waals surface area contributed by atoms with Gasteiger partial charge in [-0.2, -0.15) is 0 Å². The van der Waals surface area contributed by atoms with E-state index in [2.05, 4.69) is 4.98 Å². The second-order valence-electron chi connectivity index (χ2n) is 5.74. The third kappa shape index (κ3) is 3.47. The molecule has 0 spiro atoms. The molecular formula is C21H21NO2. The van der Waals surface area contributed by atoms with E-state index < -0.39 is 5.60 Å². The summed E-state index contributed by atoms with van der Waals surface area (Å²) in [4.78, 5) is 4.26. The molecule has 1 unspecified atom stereocenters. The Labute approximate surface area is 142 Å². The summed E-state index contributed by atoms with van der Waals surface area (Å²) in [5.41, 5.74) is 1.69. The molecule has 0 aliphatic carbocycles. The lowest BCUT2D eigenvalue weighted by atomic mass is 9.85. The van der Waals surface area contributed by atoms with E-state index in [1.54, 1.807) is 6.20 Å². The van der Waals surface area contributed by atoms with Crippen LogP contribution in [0, 0.1) is 0 Å². The third-order valence-corrected chi connectivity index (χ3v) is 4.20. The number of benzene rings is 2. The first-order chi connectivity index (χ1) is 11.7. The minimum absolute atomic E-state index is 0.452. The van der Waals surface area contributed by atoms with Crippen LogP contribution in [0.2, 0.25) is 0 Å². The maximum atomic E-state index is 11.2. The second-order valence-corrected chi connectivity index (χ2v) is 5.74. The molecular weight excluding hydrogens is 298 g/mol. The summed E-state index contributed by atoms with van der Waals surface area (Å²) in [6.45, 7) is 2.42. The molecule has 1 aromatic heterocycles. The molecule has 0 radical (unpaired) electrons. The molecule has 0 saturated carbocycles. The SMILES string of the molecule is CCC(O)(c1ccccc1)c1ccnc(OCc2ccccc2)c1. The van der Waals surface area contributed by atoms with Gasteiger partial charge in [-0.25, -0.2) is 4.98 Å². The van der Waals surface area contributed by atoms with Gasteiger partial charge in [0.1, 0.15) is 12.2 Å². The van der Waals surface area contributed by atoms with Crippen molar-refractivity contribution < 1.29 is 9.84 Å². The summed E-state index contributed by atoms with van der Waals surface area (Å²) in [7, 11) is 0. The van der Waals surface area contributed by atoms with E-state index in [1.807, 2.05) is 79.7 Å². The highest BCUT2D eigenvalue weighted by Gasteiger charge is 2.29. The molecule has 3 aromatic rings. The van der Waals surface area contributed by atoms with Crippen molar-refractivity contribution >= 4 is 0 Å². The van der Waals surface area contributed by atoms with Gasteiger partial charge in [-0.1, -0.05) is 67.6 Å². The zero-order valence-electron chi connectivity index (χ0n) is 13.7. The van der Waals surface area contributed by atoms with Gasteiger partial charge in [0.2, 0.25) is 5.88 Å². The maximum absolute atomic E-state index is 11.2. The fourth-order valence-corrected chi connectivity index (χ4v) is 2.77. The summed E-state index contributed by atoms with van der Waals surface area (Å²) >= 11 is 0. The van der Waals surface area contributed by atoms with E-state index in [9.17, 15) is 5.11 Å². The number of rotatable bonds is 6.